The van der Waals surface area contributed by atoms with Crippen molar-refractivity contribution in [1.82, 2.24) is 9.62 Å². The summed E-state index contributed by atoms with van der Waals surface area (Å²) in [6.45, 7) is 4.84. The predicted molar refractivity (Wildman–Crippen MR) is 82.0 cm³/mol. The van der Waals surface area contributed by atoms with E-state index in [9.17, 15) is 8.42 Å². The van der Waals surface area contributed by atoms with Gasteiger partial charge in [-0.15, -0.1) is 11.3 Å². The van der Waals surface area contributed by atoms with E-state index in [0.29, 0.717) is 21.3 Å². The highest BCUT2D eigenvalue weighted by atomic mass is 79.9. The molecule has 1 saturated carbocycles. The number of sulfonamides is 1. The van der Waals surface area contributed by atoms with E-state index in [1.54, 1.807) is 13.1 Å². The molecule has 0 saturated heterocycles. The molecule has 19 heavy (non-hydrogen) atoms. The third-order valence-corrected chi connectivity index (χ3v) is 7.27. The van der Waals surface area contributed by atoms with Crippen LogP contribution in [0.2, 0.25) is 0 Å². The normalized spacial score (nSPS) is 16.5. The molecule has 0 atom stereocenters. The second-order valence-corrected chi connectivity index (χ2v) is 9.56. The van der Waals surface area contributed by atoms with Gasteiger partial charge in [-0.3, -0.25) is 0 Å². The van der Waals surface area contributed by atoms with Crippen LogP contribution in [0.1, 0.15) is 31.6 Å². The molecule has 1 aliphatic rings. The van der Waals surface area contributed by atoms with E-state index in [0.717, 1.165) is 17.7 Å². The summed E-state index contributed by atoms with van der Waals surface area (Å²) in [5.41, 5.74) is 0. The van der Waals surface area contributed by atoms with E-state index in [2.05, 4.69) is 35.1 Å². The largest absolute Gasteiger partial charge is 0.310 e. The molecule has 0 spiro atoms. The van der Waals surface area contributed by atoms with Crippen molar-refractivity contribution < 1.29 is 8.42 Å². The zero-order valence-electron chi connectivity index (χ0n) is 11.3. The zero-order chi connectivity index (χ0) is 14.2. The Morgan fingerprint density at radius 3 is 2.68 bits per heavy atom. The number of nitrogens with one attached hydrogen (secondary N) is 1. The molecule has 1 heterocycles. The maximum atomic E-state index is 12.5. The Bertz CT molecular complexity index is 550. The van der Waals surface area contributed by atoms with E-state index >= 15 is 0 Å². The minimum atomic E-state index is -3.36. The molecule has 0 unspecified atom stereocenters. The van der Waals surface area contributed by atoms with Gasteiger partial charge in [0.15, 0.2) is 0 Å². The molecule has 1 N–H and O–H groups in total. The van der Waals surface area contributed by atoms with Gasteiger partial charge in [-0.2, -0.15) is 4.31 Å². The minimum absolute atomic E-state index is 0.189. The summed E-state index contributed by atoms with van der Waals surface area (Å²) in [4.78, 5) is 1.43. The van der Waals surface area contributed by atoms with Crippen LogP contribution in [-0.4, -0.2) is 31.9 Å². The Morgan fingerprint density at radius 1 is 1.53 bits per heavy atom. The van der Waals surface area contributed by atoms with Crippen molar-refractivity contribution in [2.75, 3.05) is 7.05 Å². The van der Waals surface area contributed by atoms with Crippen LogP contribution < -0.4 is 5.32 Å². The monoisotopic (exact) mass is 366 g/mol. The van der Waals surface area contributed by atoms with Crippen molar-refractivity contribution in [1.29, 1.82) is 0 Å². The van der Waals surface area contributed by atoms with Gasteiger partial charge in [-0.1, -0.05) is 13.8 Å². The Balaban J connectivity index is 2.19. The molecule has 0 aromatic carbocycles. The van der Waals surface area contributed by atoms with Gasteiger partial charge in [-0.25, -0.2) is 8.42 Å². The Morgan fingerprint density at radius 2 is 2.16 bits per heavy atom. The zero-order valence-corrected chi connectivity index (χ0v) is 14.5. The Hall–Kier alpha value is 0.0500. The van der Waals surface area contributed by atoms with Gasteiger partial charge in [0.25, 0.3) is 0 Å². The van der Waals surface area contributed by atoms with E-state index < -0.39 is 10.0 Å². The summed E-state index contributed by atoms with van der Waals surface area (Å²) in [5.74, 6) is 0. The maximum absolute atomic E-state index is 12.5. The fraction of sp³-hybridized carbons (Fsp3) is 0.667. The molecule has 4 nitrogen and oxygen atoms in total. The molecule has 0 amide bonds. The lowest BCUT2D eigenvalue weighted by atomic mass is 10.4. The van der Waals surface area contributed by atoms with E-state index in [1.165, 1.54) is 15.6 Å². The second-order valence-electron chi connectivity index (χ2n) is 5.14. The van der Waals surface area contributed by atoms with Crippen molar-refractivity contribution in [3.63, 3.8) is 0 Å². The third kappa shape index (κ3) is 3.58. The van der Waals surface area contributed by atoms with Gasteiger partial charge >= 0.3 is 0 Å². The smallest absolute Gasteiger partial charge is 0.245 e. The molecular weight excluding hydrogens is 348 g/mol. The average Bonchev–Trinajstić information content (AvgIpc) is 3.09. The highest BCUT2D eigenvalue weighted by Crippen LogP contribution is 2.37. The van der Waals surface area contributed by atoms with Crippen molar-refractivity contribution in [2.24, 2.45) is 0 Å². The molecule has 0 radical (unpaired) electrons. The maximum Gasteiger partial charge on any atom is 0.245 e. The number of halogens is 1. The molecule has 1 aliphatic carbocycles. The molecular formula is C12H19BrN2O2S2. The molecule has 0 aliphatic heterocycles. The second kappa shape index (κ2) is 5.81. The molecule has 108 valence electrons. The van der Waals surface area contributed by atoms with Gasteiger partial charge < -0.3 is 5.32 Å². The summed E-state index contributed by atoms with van der Waals surface area (Å²) in [6.07, 6.45) is 1.94. The van der Waals surface area contributed by atoms with Crippen LogP contribution in [0.3, 0.4) is 0 Å². The molecule has 0 bridgehead atoms. The Kier molecular flexibility index (Phi) is 4.72. The lowest BCUT2D eigenvalue weighted by molar-refractivity contribution is 0.464. The first-order valence-electron chi connectivity index (χ1n) is 6.32. The van der Waals surface area contributed by atoms with Crippen molar-refractivity contribution in [3.05, 3.63) is 14.7 Å². The lowest BCUT2D eigenvalue weighted by Gasteiger charge is -2.15. The van der Waals surface area contributed by atoms with Crippen molar-refractivity contribution in [3.8, 4) is 0 Å². The van der Waals surface area contributed by atoms with Crippen LogP contribution in [0.5, 0.6) is 0 Å². The minimum Gasteiger partial charge on any atom is -0.310 e. The first-order chi connectivity index (χ1) is 8.82. The first kappa shape index (κ1) is 15.4. The fourth-order valence-electron chi connectivity index (χ4n) is 1.76. The molecule has 1 aromatic rings. The number of nitrogens with zero attached hydrogens (tertiary/aromatic N) is 1. The molecule has 2 rings (SSSR count). The highest BCUT2D eigenvalue weighted by Gasteiger charge is 2.36. The van der Waals surface area contributed by atoms with E-state index in [-0.39, 0.29) is 6.04 Å². The fourth-order valence-corrected chi connectivity index (χ4v) is 5.75. The van der Waals surface area contributed by atoms with Crippen LogP contribution in [0, 0.1) is 0 Å². The number of rotatable bonds is 6. The number of hydrogen-bond donors (Lipinski definition) is 1. The standard InChI is InChI=1S/C12H19BrN2O2S2/c1-8(2)14-7-10-6-11(12(13)18-10)19(16,17)15(3)9-4-5-9/h6,8-9,14H,4-5,7H2,1-3H3. The highest BCUT2D eigenvalue weighted by molar-refractivity contribution is 9.11. The van der Waals surface area contributed by atoms with Gasteiger partial charge in [0.1, 0.15) is 4.90 Å². The van der Waals surface area contributed by atoms with Gasteiger partial charge in [0.2, 0.25) is 10.0 Å². The molecule has 1 aromatic heterocycles. The van der Waals surface area contributed by atoms with Crippen LogP contribution in [0.4, 0.5) is 0 Å². The molecule has 1 fully saturated rings. The Labute approximate surface area is 127 Å². The van der Waals surface area contributed by atoms with E-state index in [4.69, 9.17) is 0 Å². The van der Waals surface area contributed by atoms with E-state index in [1.807, 2.05) is 0 Å². The van der Waals surface area contributed by atoms with Crippen molar-refractivity contribution in [2.45, 2.75) is 50.2 Å². The van der Waals surface area contributed by atoms with Gasteiger partial charge in [0, 0.05) is 30.6 Å². The van der Waals surface area contributed by atoms with Gasteiger partial charge in [0.05, 0.1) is 3.79 Å². The molecule has 7 heteroatoms. The summed E-state index contributed by atoms with van der Waals surface area (Å²) >= 11 is 4.86. The van der Waals surface area contributed by atoms with Crippen LogP contribution in [-0.2, 0) is 16.6 Å². The summed E-state index contributed by atoms with van der Waals surface area (Å²) < 4.78 is 27.1. The predicted octanol–water partition coefficient (Wildman–Crippen LogP) is 2.79. The SMILES string of the molecule is CC(C)NCc1cc(S(=O)(=O)N(C)C2CC2)c(Br)s1. The van der Waals surface area contributed by atoms with Crippen LogP contribution in [0.25, 0.3) is 0 Å². The van der Waals surface area contributed by atoms with Crippen LogP contribution >= 0.6 is 27.3 Å². The summed E-state index contributed by atoms with van der Waals surface area (Å²) in [7, 11) is -1.69. The average molecular weight is 367 g/mol. The summed E-state index contributed by atoms with van der Waals surface area (Å²) in [5, 5.41) is 3.30. The van der Waals surface area contributed by atoms with Crippen LogP contribution in [0.15, 0.2) is 14.7 Å². The summed E-state index contributed by atoms with van der Waals surface area (Å²) in [6, 6.07) is 2.35. The third-order valence-electron chi connectivity index (χ3n) is 3.11. The number of hydrogen-bond acceptors (Lipinski definition) is 4. The topological polar surface area (TPSA) is 49.4 Å². The quantitative estimate of drug-likeness (QED) is 0.841. The van der Waals surface area contributed by atoms with Gasteiger partial charge in [-0.05, 0) is 34.8 Å². The van der Waals surface area contributed by atoms with Crippen molar-refractivity contribution >= 4 is 37.3 Å². The lowest BCUT2D eigenvalue weighted by Crippen LogP contribution is -2.28. The first-order valence-corrected chi connectivity index (χ1v) is 9.37. The number of thiophene rings is 1.